The third-order valence-electron chi connectivity index (χ3n) is 22.9. The van der Waals surface area contributed by atoms with Crippen molar-refractivity contribution in [2.45, 2.75) is 206 Å². The molecule has 11 bridgehead atoms. The number of likely N-dealkylation sites (N-methyl/N-ethyl adjacent to an activating group) is 1. The number of nitrogens with two attached hydrogens (primary N) is 2. The van der Waals surface area contributed by atoms with Crippen LogP contribution in [-0.2, 0) is 74.9 Å². The number of aliphatic carboxylic acids is 1. The Kier molecular flexibility index (Phi) is 27.6. The standard InChI is InChI=1S/C83H99Cl2N11O27S/c1-7-8-9-23-117-42-14-16-43(17-15-42)124(115,116)96-22-10-21-95(35-96)33-46-52(98)30-45-60-44-25-38(11-18-47(44)83(113,114)61(46)60)62-76(107)94-66(79(110)92-64(45)80(111)112)68(101)40-13-20-54(49(85)27-40)120-56-29-41-28-55(71(56)123-81-72(70(103)69(102)57(34-97)121-81)122-59-32-82(5,87)73(104)37(4)118-59)119-53-19-12-39(26-48(53)84)67(100)65(93-74(105)50(88-6)24-36(2)3)78(109)89-51(31-58(86)99)75(106)90-63(41)77(108)91-62/h11-20,25-30,36-37,50-51,57,59,62-70,72-73,81,88,97-98,100-104,113-114H,7-10,21-24,31-35,87H2,1-6H3,(H2,86,99)(H,89,109)(H,90,106)(H,91,108)(H,92,110)(H,93,105)(H,94,107)(H,111,112)/t37-,50+,51-,57+,59-,62+,63+,64-,65+,66-,67+,68+,69+,70-,72+,73+,81-,82-/m0/s1. The van der Waals surface area contributed by atoms with E-state index in [4.69, 9.17) is 67.8 Å². The molecule has 8 heterocycles. The first-order chi connectivity index (χ1) is 58.7. The molecule has 3 saturated heterocycles. The van der Waals surface area contributed by atoms with Gasteiger partial charge in [-0.05, 0) is 158 Å². The summed E-state index contributed by atoms with van der Waals surface area (Å²) in [6.45, 7) is 7.45. The summed E-state index contributed by atoms with van der Waals surface area (Å²) in [5.74, 6) is -17.6. The smallest absolute Gasteiger partial charge is 0.330 e. The molecule has 0 unspecified atom stereocenters. The molecule has 6 aromatic carbocycles. The number of sulfonamides is 1. The minimum atomic E-state index is -4.26. The number of carbonyl (C=O) groups is 8. The van der Waals surface area contributed by atoms with Crippen LogP contribution >= 0.6 is 23.2 Å². The second kappa shape index (κ2) is 37.3. The van der Waals surface area contributed by atoms with E-state index in [9.17, 15) is 73.9 Å². The molecule has 0 radical (unpaired) electrons. The van der Waals surface area contributed by atoms with Gasteiger partial charge in [0.25, 0.3) is 0 Å². The number of nitrogens with zero attached hydrogens (tertiary/aromatic N) is 2. The minimum absolute atomic E-state index is 0.0254. The van der Waals surface area contributed by atoms with Crippen LogP contribution in [0.4, 0.5) is 0 Å². The molecule has 21 N–H and O–H groups in total. The maximum atomic E-state index is 16.5. The number of carboxylic acid groups (broad SMARTS) is 1. The number of unbranched alkanes of at least 4 members (excludes halogenated alkanes) is 2. The molecule has 0 aromatic heterocycles. The first kappa shape index (κ1) is 91.7. The number of aliphatic hydroxyl groups is 8. The summed E-state index contributed by atoms with van der Waals surface area (Å²) >= 11 is 14.3. The molecule has 0 spiro atoms. The highest BCUT2D eigenvalue weighted by atomic mass is 35.5. The van der Waals surface area contributed by atoms with Crippen molar-refractivity contribution in [2.75, 3.05) is 40.0 Å². The number of fused-ring (bicyclic) bond motifs is 12. The summed E-state index contributed by atoms with van der Waals surface area (Å²) < 4.78 is 74.6. The van der Waals surface area contributed by atoms with E-state index in [1.807, 2.05) is 20.8 Å². The fourth-order valence-electron chi connectivity index (χ4n) is 16.4. The Hall–Kier alpha value is -9.99. The Bertz CT molecular complexity index is 5230. The predicted octanol–water partition coefficient (Wildman–Crippen LogP) is 1.62. The van der Waals surface area contributed by atoms with Gasteiger partial charge in [0.05, 0.1) is 59.5 Å². The van der Waals surface area contributed by atoms with Gasteiger partial charge < -0.3 is 133 Å². The van der Waals surface area contributed by atoms with Gasteiger partial charge in [0.1, 0.15) is 83.7 Å². The van der Waals surface area contributed by atoms with Gasteiger partial charge >= 0.3 is 5.97 Å². The van der Waals surface area contributed by atoms with Crippen molar-refractivity contribution in [1.82, 2.24) is 46.4 Å². The quantitative estimate of drug-likeness (QED) is 0.0339. The van der Waals surface area contributed by atoms with Gasteiger partial charge in [-0.3, -0.25) is 38.5 Å². The van der Waals surface area contributed by atoms with Crippen molar-refractivity contribution in [3.63, 3.8) is 0 Å². The van der Waals surface area contributed by atoms with E-state index in [0.717, 1.165) is 79.9 Å². The second-order valence-corrected chi connectivity index (χ2v) is 35.2. The van der Waals surface area contributed by atoms with Crippen molar-refractivity contribution >= 4 is 80.5 Å². The van der Waals surface area contributed by atoms with Crippen LogP contribution in [0, 0.1) is 5.92 Å². The van der Waals surface area contributed by atoms with E-state index in [0.29, 0.717) is 12.4 Å². The number of rotatable bonds is 22. The Morgan fingerprint density at radius 1 is 0.750 bits per heavy atom. The molecule has 41 heteroatoms. The number of hydrogen-bond acceptors (Lipinski definition) is 29. The first-order valence-electron chi connectivity index (χ1n) is 40.2. The topological polar surface area (TPSA) is 580 Å². The third kappa shape index (κ3) is 18.9. The summed E-state index contributed by atoms with van der Waals surface area (Å²) in [5, 5.41) is 137. The van der Waals surface area contributed by atoms with Crippen molar-refractivity contribution < 1.29 is 131 Å². The molecule has 0 saturated carbocycles. The van der Waals surface area contributed by atoms with Crippen LogP contribution in [-0.4, -0.2) is 235 Å². The Morgan fingerprint density at radius 3 is 2.00 bits per heavy atom. The highest BCUT2D eigenvalue weighted by Crippen LogP contribution is 2.55. The number of carbonyl (C=O) groups excluding carboxylic acids is 7. The lowest BCUT2D eigenvalue weighted by molar-refractivity contribution is -0.333. The van der Waals surface area contributed by atoms with E-state index in [1.54, 1.807) is 4.90 Å². The lowest BCUT2D eigenvalue weighted by Crippen LogP contribution is -2.64. The Balaban J connectivity index is 0.993. The number of amides is 7. The molecule has 668 valence electrons. The maximum Gasteiger partial charge on any atom is 0.330 e. The van der Waals surface area contributed by atoms with Gasteiger partial charge in [-0.25, -0.2) is 13.2 Å². The average Bonchev–Trinajstić information content (AvgIpc) is 1.54. The van der Waals surface area contributed by atoms with Gasteiger partial charge in [0.15, 0.2) is 29.9 Å². The number of benzene rings is 6. The number of ether oxygens (including phenoxy) is 7. The normalized spacial score (nSPS) is 28.0. The predicted molar refractivity (Wildman–Crippen MR) is 436 cm³/mol. The molecule has 124 heavy (non-hydrogen) atoms. The molecule has 9 aliphatic rings. The molecule has 38 nitrogen and oxygen atoms in total. The number of halogens is 2. The zero-order valence-corrected chi connectivity index (χ0v) is 70.3. The monoisotopic (exact) mass is 1780 g/mol. The van der Waals surface area contributed by atoms with Crippen LogP contribution in [0.1, 0.15) is 154 Å². The third-order valence-corrected chi connectivity index (χ3v) is 25.4. The zero-order valence-electron chi connectivity index (χ0n) is 67.9. The van der Waals surface area contributed by atoms with Crippen LogP contribution in [0.15, 0.2) is 102 Å². The molecule has 3 fully saturated rings. The average molecular weight is 1790 g/mol. The highest BCUT2D eigenvalue weighted by Gasteiger charge is 2.53. The van der Waals surface area contributed by atoms with Gasteiger partial charge in [0.2, 0.25) is 69.2 Å². The lowest BCUT2D eigenvalue weighted by Gasteiger charge is -2.47. The first-order valence-corrected chi connectivity index (χ1v) is 42.4. The minimum Gasteiger partial charge on any atom is -0.508 e. The summed E-state index contributed by atoms with van der Waals surface area (Å²) in [6.07, 6.45) is -16.1. The van der Waals surface area contributed by atoms with E-state index in [2.05, 4.69) is 37.2 Å². The van der Waals surface area contributed by atoms with Crippen molar-refractivity contribution in [3.05, 3.63) is 152 Å². The van der Waals surface area contributed by atoms with Crippen LogP contribution in [0.5, 0.6) is 40.2 Å². The fourth-order valence-corrected chi connectivity index (χ4v) is 18.3. The van der Waals surface area contributed by atoms with Gasteiger partial charge in [-0.2, -0.15) is 4.31 Å². The molecular formula is C83H99Cl2N11O27S. The van der Waals surface area contributed by atoms with E-state index >= 15 is 24.0 Å². The van der Waals surface area contributed by atoms with Crippen LogP contribution in [0.25, 0.3) is 11.1 Å². The number of aliphatic hydroxyl groups excluding tert-OH is 6. The number of nitrogens with one attached hydrogen (secondary N) is 7. The van der Waals surface area contributed by atoms with Gasteiger partial charge in [-0.15, -0.1) is 0 Å². The molecule has 18 atom stereocenters. The second-order valence-electron chi connectivity index (χ2n) is 32.5. The van der Waals surface area contributed by atoms with E-state index < -0.39 is 248 Å². The largest absolute Gasteiger partial charge is 0.508 e. The fraction of sp³-hybridized carbons (Fsp3) is 0.470. The summed E-state index contributed by atoms with van der Waals surface area (Å²) in [4.78, 5) is 122. The summed E-state index contributed by atoms with van der Waals surface area (Å²) in [6, 6.07) is 4.37. The molecule has 1 aliphatic carbocycles. The lowest BCUT2D eigenvalue weighted by atomic mass is 9.86. The summed E-state index contributed by atoms with van der Waals surface area (Å²) in [7, 11) is -2.79. The van der Waals surface area contributed by atoms with Crippen molar-refractivity contribution in [2.24, 2.45) is 17.4 Å². The van der Waals surface area contributed by atoms with Crippen LogP contribution in [0.2, 0.25) is 10.0 Å². The highest BCUT2D eigenvalue weighted by molar-refractivity contribution is 7.89. The number of phenols is 1. The van der Waals surface area contributed by atoms with Crippen LogP contribution < -0.4 is 67.6 Å². The van der Waals surface area contributed by atoms with Crippen molar-refractivity contribution in [1.29, 1.82) is 0 Å². The maximum absolute atomic E-state index is 16.5. The molecule has 15 rings (SSSR count). The summed E-state index contributed by atoms with van der Waals surface area (Å²) in [5.41, 5.74) is 7.10. The molecular weight excluding hydrogens is 1690 g/mol. The molecule has 8 aliphatic heterocycles. The number of hydrogen-bond donors (Lipinski definition) is 19. The number of primary amides is 1. The van der Waals surface area contributed by atoms with Crippen molar-refractivity contribution in [3.8, 4) is 51.4 Å². The Labute approximate surface area is 720 Å². The number of aromatic hydroxyl groups is 1. The van der Waals surface area contributed by atoms with Gasteiger partial charge in [0, 0.05) is 48.3 Å². The van der Waals surface area contributed by atoms with Crippen LogP contribution in [0.3, 0.4) is 0 Å². The zero-order chi connectivity index (χ0) is 89.6. The SMILES string of the molecule is CCCCCOc1ccc(S(=O)(=O)N2CCCN(Cc3c(O)cc4c5c3C(O)(O)c3ccc(cc3-5)[C@H]3NC(=O)[C@@H]5NC(=O)[C@H](CC(N)=O)NC(=O)[C@H](NC(=O)[C@@H](CC(C)C)NC)[C@H](O)c6ccc(c(Cl)c6)Oc6cc5cc(c6O[C@@H]5O[C@H](CO)[C@@H](O)[C@H](O)[C@H]5O[C@H]5C[C@](C)(N)[C@H](O)[C@H](C)O5)Oc5ccc(cc5Cl)[C@@H](O)[C@H](NC3=O)C(=O)N[C@@H]4C(=O)O)C2)cc1. The van der Waals surface area contributed by atoms with E-state index in [-0.39, 0.29) is 94.0 Å². The number of carboxylic acids is 1. The Morgan fingerprint density at radius 2 is 1.39 bits per heavy atom. The molecule has 7 amide bonds. The van der Waals surface area contributed by atoms with Gasteiger partial charge in [-0.1, -0.05) is 81.1 Å². The number of phenolic OH excluding ortho intramolecular Hbond substituents is 1. The molecule has 6 aromatic rings. The van der Waals surface area contributed by atoms with E-state index in [1.165, 1.54) is 61.6 Å².